The van der Waals surface area contributed by atoms with Crippen molar-refractivity contribution in [2.45, 2.75) is 26.4 Å². The smallest absolute Gasteiger partial charge is 0.247 e. The third kappa shape index (κ3) is 3.66. The summed E-state index contributed by atoms with van der Waals surface area (Å²) in [6, 6.07) is 18.7. The van der Waals surface area contributed by atoms with E-state index in [2.05, 4.69) is 60.3 Å². The van der Waals surface area contributed by atoms with Gasteiger partial charge >= 0.3 is 0 Å². The maximum Gasteiger partial charge on any atom is 0.247 e. The molecule has 4 heteroatoms. The molecule has 1 heterocycles. The van der Waals surface area contributed by atoms with Gasteiger partial charge < -0.3 is 4.42 Å². The van der Waals surface area contributed by atoms with Gasteiger partial charge in [0.1, 0.15) is 0 Å². The second-order valence-electron chi connectivity index (χ2n) is 5.87. The Morgan fingerprint density at radius 1 is 1.00 bits per heavy atom. The lowest BCUT2D eigenvalue weighted by atomic mass is 10.1. The summed E-state index contributed by atoms with van der Waals surface area (Å²) in [7, 11) is 2.07. The van der Waals surface area contributed by atoms with E-state index in [1.165, 1.54) is 11.1 Å². The molecule has 0 N–H and O–H groups in total. The van der Waals surface area contributed by atoms with Crippen LogP contribution in [0.25, 0.3) is 11.5 Å². The van der Waals surface area contributed by atoms with E-state index in [0.717, 1.165) is 5.56 Å². The van der Waals surface area contributed by atoms with Crippen LogP contribution in [0.3, 0.4) is 0 Å². The summed E-state index contributed by atoms with van der Waals surface area (Å²) in [4.78, 5) is 2.20. The van der Waals surface area contributed by atoms with Gasteiger partial charge in [0.2, 0.25) is 11.8 Å². The van der Waals surface area contributed by atoms with Gasteiger partial charge in [-0.25, -0.2) is 0 Å². The first-order valence-corrected chi connectivity index (χ1v) is 7.78. The molecule has 0 fully saturated rings. The quantitative estimate of drug-likeness (QED) is 0.707. The molecule has 0 aliphatic heterocycles. The van der Waals surface area contributed by atoms with E-state index >= 15 is 0 Å². The standard InChI is InChI=1S/C19H21N3O/c1-14-9-11-16(12-10-14)15(2)22(3)13-18-20-21-19(23-18)17-7-5-4-6-8-17/h4-12,15H,13H2,1-3H3. The lowest BCUT2D eigenvalue weighted by Crippen LogP contribution is -2.22. The fourth-order valence-corrected chi connectivity index (χ4v) is 2.46. The van der Waals surface area contributed by atoms with Crippen molar-refractivity contribution in [1.82, 2.24) is 15.1 Å². The Morgan fingerprint density at radius 2 is 1.70 bits per heavy atom. The Kier molecular flexibility index (Phi) is 4.53. The van der Waals surface area contributed by atoms with Crippen molar-refractivity contribution in [1.29, 1.82) is 0 Å². The average molecular weight is 307 g/mol. The van der Waals surface area contributed by atoms with Gasteiger partial charge in [-0.1, -0.05) is 48.0 Å². The van der Waals surface area contributed by atoms with Crippen LogP contribution >= 0.6 is 0 Å². The summed E-state index contributed by atoms with van der Waals surface area (Å²) in [6.07, 6.45) is 0. The van der Waals surface area contributed by atoms with E-state index < -0.39 is 0 Å². The molecule has 0 spiro atoms. The molecule has 0 saturated carbocycles. The first kappa shape index (κ1) is 15.4. The Balaban J connectivity index is 1.69. The van der Waals surface area contributed by atoms with Crippen LogP contribution in [0.4, 0.5) is 0 Å². The fraction of sp³-hybridized carbons (Fsp3) is 0.263. The van der Waals surface area contributed by atoms with Crippen molar-refractivity contribution in [2.24, 2.45) is 0 Å². The molecule has 3 rings (SSSR count). The summed E-state index contributed by atoms with van der Waals surface area (Å²) in [6.45, 7) is 4.90. The summed E-state index contributed by atoms with van der Waals surface area (Å²) < 4.78 is 5.78. The Bertz CT molecular complexity index is 750. The predicted octanol–water partition coefficient (Wildman–Crippen LogP) is 4.24. The average Bonchev–Trinajstić information content (AvgIpc) is 3.04. The number of hydrogen-bond acceptors (Lipinski definition) is 4. The van der Waals surface area contributed by atoms with E-state index in [1.54, 1.807) is 0 Å². The van der Waals surface area contributed by atoms with Crippen molar-refractivity contribution in [3.8, 4) is 11.5 Å². The fourth-order valence-electron chi connectivity index (χ4n) is 2.46. The van der Waals surface area contributed by atoms with Gasteiger partial charge in [0.15, 0.2) is 0 Å². The van der Waals surface area contributed by atoms with Crippen molar-refractivity contribution < 1.29 is 4.42 Å². The molecule has 3 aromatic rings. The monoisotopic (exact) mass is 307 g/mol. The first-order chi connectivity index (χ1) is 11.1. The largest absolute Gasteiger partial charge is 0.419 e. The van der Waals surface area contributed by atoms with Crippen LogP contribution in [-0.2, 0) is 6.54 Å². The van der Waals surface area contributed by atoms with E-state index in [9.17, 15) is 0 Å². The van der Waals surface area contributed by atoms with E-state index in [4.69, 9.17) is 4.42 Å². The second kappa shape index (κ2) is 6.75. The maximum absolute atomic E-state index is 5.78. The SMILES string of the molecule is Cc1ccc(C(C)N(C)Cc2nnc(-c3ccccc3)o2)cc1. The molecule has 0 aliphatic rings. The van der Waals surface area contributed by atoms with Gasteiger partial charge in [0.05, 0.1) is 6.54 Å². The summed E-state index contributed by atoms with van der Waals surface area (Å²) >= 11 is 0. The molecule has 0 aliphatic carbocycles. The molecule has 1 unspecified atom stereocenters. The molecule has 23 heavy (non-hydrogen) atoms. The van der Waals surface area contributed by atoms with E-state index in [1.807, 2.05) is 30.3 Å². The van der Waals surface area contributed by atoms with Gasteiger partial charge in [0.25, 0.3) is 0 Å². The van der Waals surface area contributed by atoms with Crippen LogP contribution in [0.5, 0.6) is 0 Å². The van der Waals surface area contributed by atoms with Crippen molar-refractivity contribution >= 4 is 0 Å². The molecule has 0 amide bonds. The Morgan fingerprint density at radius 3 is 2.39 bits per heavy atom. The molecule has 2 aromatic carbocycles. The van der Waals surface area contributed by atoms with Gasteiger partial charge in [-0.05, 0) is 38.6 Å². The van der Waals surface area contributed by atoms with Gasteiger partial charge in [0, 0.05) is 11.6 Å². The predicted molar refractivity (Wildman–Crippen MR) is 90.8 cm³/mol. The van der Waals surface area contributed by atoms with Crippen molar-refractivity contribution in [3.63, 3.8) is 0 Å². The zero-order valence-corrected chi connectivity index (χ0v) is 13.7. The number of benzene rings is 2. The Hall–Kier alpha value is -2.46. The van der Waals surface area contributed by atoms with Crippen molar-refractivity contribution in [3.05, 3.63) is 71.6 Å². The van der Waals surface area contributed by atoms with E-state index in [-0.39, 0.29) is 6.04 Å². The minimum atomic E-state index is 0.280. The topological polar surface area (TPSA) is 42.2 Å². The van der Waals surface area contributed by atoms with Crippen LogP contribution < -0.4 is 0 Å². The highest BCUT2D eigenvalue weighted by Crippen LogP contribution is 2.22. The summed E-state index contributed by atoms with van der Waals surface area (Å²) in [5.41, 5.74) is 3.49. The second-order valence-corrected chi connectivity index (χ2v) is 5.87. The minimum absolute atomic E-state index is 0.280. The summed E-state index contributed by atoms with van der Waals surface area (Å²) in [5.74, 6) is 1.20. The number of nitrogens with zero attached hydrogens (tertiary/aromatic N) is 3. The lowest BCUT2D eigenvalue weighted by molar-refractivity contribution is 0.228. The van der Waals surface area contributed by atoms with Crippen LogP contribution in [0.2, 0.25) is 0 Å². The normalized spacial score (nSPS) is 12.5. The molecule has 118 valence electrons. The summed E-state index contributed by atoms with van der Waals surface area (Å²) in [5, 5.41) is 8.30. The number of aromatic nitrogens is 2. The first-order valence-electron chi connectivity index (χ1n) is 7.78. The molecular weight excluding hydrogens is 286 g/mol. The number of rotatable bonds is 5. The van der Waals surface area contributed by atoms with Crippen LogP contribution in [0.1, 0.15) is 30.0 Å². The molecule has 0 bridgehead atoms. The zero-order valence-electron chi connectivity index (χ0n) is 13.7. The van der Waals surface area contributed by atoms with Crippen LogP contribution in [-0.4, -0.2) is 22.1 Å². The highest BCUT2D eigenvalue weighted by atomic mass is 16.4. The van der Waals surface area contributed by atoms with E-state index in [0.29, 0.717) is 18.3 Å². The van der Waals surface area contributed by atoms with Crippen molar-refractivity contribution in [2.75, 3.05) is 7.05 Å². The molecule has 1 aromatic heterocycles. The number of hydrogen-bond donors (Lipinski definition) is 0. The Labute approximate surface area is 136 Å². The van der Waals surface area contributed by atoms with Gasteiger partial charge in [-0.15, -0.1) is 10.2 Å². The molecule has 0 radical (unpaired) electrons. The lowest BCUT2D eigenvalue weighted by Gasteiger charge is -2.23. The third-order valence-electron chi connectivity index (χ3n) is 4.09. The van der Waals surface area contributed by atoms with Crippen LogP contribution in [0, 0.1) is 6.92 Å². The highest BCUT2D eigenvalue weighted by Gasteiger charge is 2.15. The molecule has 0 saturated heterocycles. The van der Waals surface area contributed by atoms with Crippen LogP contribution in [0.15, 0.2) is 59.0 Å². The highest BCUT2D eigenvalue weighted by molar-refractivity contribution is 5.51. The molecule has 4 nitrogen and oxygen atoms in total. The molecule has 1 atom stereocenters. The third-order valence-corrected chi connectivity index (χ3v) is 4.09. The molecular formula is C19H21N3O. The zero-order chi connectivity index (χ0) is 16.2. The maximum atomic E-state index is 5.78. The van der Waals surface area contributed by atoms with Gasteiger partial charge in [-0.3, -0.25) is 4.90 Å². The number of aryl methyl sites for hydroxylation is 1. The minimum Gasteiger partial charge on any atom is -0.419 e. The van der Waals surface area contributed by atoms with Gasteiger partial charge in [-0.2, -0.15) is 0 Å².